The summed E-state index contributed by atoms with van der Waals surface area (Å²) in [6.45, 7) is -0.476. The Morgan fingerprint density at radius 2 is 1.80 bits per heavy atom. The Morgan fingerprint density at radius 3 is 2.48 bits per heavy atom. The van der Waals surface area contributed by atoms with Crippen molar-refractivity contribution in [3.05, 3.63) is 83.4 Å². The Bertz CT molecular complexity index is 1420. The van der Waals surface area contributed by atoms with Crippen molar-refractivity contribution >= 4 is 57.2 Å². The van der Waals surface area contributed by atoms with E-state index in [9.17, 15) is 18.0 Å². The Balaban J connectivity index is 1.67. The number of benzene rings is 3. The Hall–Kier alpha value is -3.74. The van der Waals surface area contributed by atoms with E-state index in [4.69, 9.17) is 25.8 Å². The van der Waals surface area contributed by atoms with E-state index in [0.717, 1.165) is 4.31 Å². The molecule has 0 aliphatic heterocycles. The van der Waals surface area contributed by atoms with Gasteiger partial charge in [0, 0.05) is 10.8 Å². The van der Waals surface area contributed by atoms with Gasteiger partial charge in [0.2, 0.25) is 0 Å². The number of amides is 1. The van der Waals surface area contributed by atoms with Crippen molar-refractivity contribution < 1.29 is 32.2 Å². The molecule has 0 spiro atoms. The molecule has 10 nitrogen and oxygen atoms in total. The molecule has 1 amide bonds. The van der Waals surface area contributed by atoms with E-state index >= 15 is 0 Å². The smallest absolute Gasteiger partial charge is 0.344 e. The number of sulfonamides is 1. The van der Waals surface area contributed by atoms with E-state index in [1.54, 1.807) is 60.3 Å². The zero-order valence-electron chi connectivity index (χ0n) is 21.8. The van der Waals surface area contributed by atoms with Crippen LogP contribution in [0.3, 0.4) is 0 Å². The Morgan fingerprint density at radius 1 is 1.07 bits per heavy atom. The number of hydrazone groups is 1. The molecular weight excluding hydrogens is 578 g/mol. The summed E-state index contributed by atoms with van der Waals surface area (Å²) in [4.78, 5) is 24.4. The molecule has 0 saturated heterocycles. The van der Waals surface area contributed by atoms with Crippen LogP contribution >= 0.6 is 23.4 Å². The fourth-order valence-corrected chi connectivity index (χ4v) is 5.16. The largest absolute Gasteiger partial charge is 0.495 e. The fraction of sp³-hybridized carbons (Fsp3) is 0.222. The van der Waals surface area contributed by atoms with Gasteiger partial charge in [0.25, 0.3) is 15.9 Å². The van der Waals surface area contributed by atoms with Crippen LogP contribution in [0.1, 0.15) is 5.56 Å². The predicted octanol–water partition coefficient (Wildman–Crippen LogP) is 3.98. The Labute approximate surface area is 242 Å². The summed E-state index contributed by atoms with van der Waals surface area (Å²) in [6, 6.07) is 18.8. The molecule has 3 rings (SSSR count). The highest BCUT2D eigenvalue weighted by atomic mass is 35.5. The average Bonchev–Trinajstić information content (AvgIpc) is 2.96. The highest BCUT2D eigenvalue weighted by molar-refractivity contribution is 7.98. The first-order valence-electron chi connectivity index (χ1n) is 11.8. The van der Waals surface area contributed by atoms with E-state index < -0.39 is 28.4 Å². The van der Waals surface area contributed by atoms with Gasteiger partial charge in [-0.15, -0.1) is 0 Å². The van der Waals surface area contributed by atoms with Crippen molar-refractivity contribution in [3.8, 4) is 11.5 Å². The van der Waals surface area contributed by atoms with Gasteiger partial charge < -0.3 is 14.2 Å². The summed E-state index contributed by atoms with van der Waals surface area (Å²) < 4.78 is 43.7. The van der Waals surface area contributed by atoms with Gasteiger partial charge in [0.15, 0.2) is 6.61 Å². The molecule has 0 bridgehead atoms. The fourth-order valence-electron chi connectivity index (χ4n) is 3.29. The van der Waals surface area contributed by atoms with Gasteiger partial charge in [0.1, 0.15) is 24.7 Å². The van der Waals surface area contributed by atoms with Crippen molar-refractivity contribution in [3.63, 3.8) is 0 Å². The monoisotopic (exact) mass is 605 g/mol. The van der Waals surface area contributed by atoms with E-state index in [1.807, 2.05) is 6.26 Å². The number of ether oxygens (including phenoxy) is 3. The van der Waals surface area contributed by atoms with Crippen molar-refractivity contribution in [1.29, 1.82) is 0 Å². The van der Waals surface area contributed by atoms with Crippen molar-refractivity contribution in [2.45, 2.75) is 4.90 Å². The third kappa shape index (κ3) is 8.90. The van der Waals surface area contributed by atoms with Crippen LogP contribution in [0.2, 0.25) is 5.02 Å². The maximum absolute atomic E-state index is 13.5. The lowest BCUT2D eigenvalue weighted by molar-refractivity contribution is -0.145. The molecule has 40 heavy (non-hydrogen) atoms. The summed E-state index contributed by atoms with van der Waals surface area (Å²) in [6.07, 6.45) is 3.30. The molecule has 212 valence electrons. The number of thioether (sulfide) groups is 1. The molecule has 0 radical (unpaired) electrons. The molecule has 0 aliphatic rings. The second-order valence-electron chi connectivity index (χ2n) is 8.01. The van der Waals surface area contributed by atoms with Crippen LogP contribution in [-0.2, 0) is 24.3 Å². The molecule has 0 atom stereocenters. The third-order valence-electron chi connectivity index (χ3n) is 5.22. The summed E-state index contributed by atoms with van der Waals surface area (Å²) >= 11 is 7.72. The first-order chi connectivity index (χ1) is 19.2. The lowest BCUT2D eigenvalue weighted by Gasteiger charge is -2.25. The zero-order valence-corrected chi connectivity index (χ0v) is 24.2. The van der Waals surface area contributed by atoms with Crippen molar-refractivity contribution in [2.75, 3.05) is 43.2 Å². The summed E-state index contributed by atoms with van der Waals surface area (Å²) in [5, 5.41) is 4.19. The number of hydrogen-bond acceptors (Lipinski definition) is 9. The summed E-state index contributed by atoms with van der Waals surface area (Å²) in [5.74, 6) is 0.237. The highest BCUT2D eigenvalue weighted by Crippen LogP contribution is 2.34. The molecule has 0 aliphatic carbocycles. The normalized spacial score (nSPS) is 11.2. The van der Waals surface area contributed by atoms with Gasteiger partial charge in [-0.1, -0.05) is 29.8 Å². The van der Waals surface area contributed by atoms with Crippen LogP contribution in [-0.4, -0.2) is 65.4 Å². The first kappa shape index (κ1) is 30.8. The molecule has 3 aromatic rings. The van der Waals surface area contributed by atoms with Gasteiger partial charge >= 0.3 is 5.97 Å². The molecule has 0 aromatic heterocycles. The maximum Gasteiger partial charge on any atom is 0.344 e. The van der Waals surface area contributed by atoms with E-state index in [0.29, 0.717) is 23.7 Å². The van der Waals surface area contributed by atoms with Gasteiger partial charge in [-0.2, -0.15) is 16.9 Å². The number of halogens is 1. The molecular formula is C27H28ClN3O7S2. The van der Waals surface area contributed by atoms with Crippen molar-refractivity contribution in [1.82, 2.24) is 5.43 Å². The standard InChI is InChI=1S/C27H28ClN3O7S2/c1-36-25-13-10-21(28)16-24(25)31(40(34,35)23-6-4-3-5-7-23)18-26(32)30-29-17-20-8-11-22(12-9-20)38-19-27(33)37-14-15-39-2/h3-13,16-17H,14-15,18-19H2,1-2H3,(H,30,32)/b29-17+. The maximum atomic E-state index is 13.5. The van der Waals surface area contributed by atoms with E-state index in [2.05, 4.69) is 10.5 Å². The summed E-state index contributed by atoms with van der Waals surface area (Å²) in [5.41, 5.74) is 3.07. The van der Waals surface area contributed by atoms with Gasteiger partial charge in [-0.3, -0.25) is 9.10 Å². The van der Waals surface area contributed by atoms with E-state index in [1.165, 1.54) is 37.6 Å². The Kier molecular flexibility index (Phi) is 11.7. The number of hydrogen-bond donors (Lipinski definition) is 1. The molecule has 13 heteroatoms. The number of esters is 1. The molecule has 3 aromatic carbocycles. The van der Waals surface area contributed by atoms with Crippen LogP contribution in [0, 0.1) is 0 Å². The third-order valence-corrected chi connectivity index (χ3v) is 7.80. The molecule has 0 unspecified atom stereocenters. The minimum absolute atomic E-state index is 0.0103. The second-order valence-corrected chi connectivity index (χ2v) is 11.3. The highest BCUT2D eigenvalue weighted by Gasteiger charge is 2.29. The van der Waals surface area contributed by atoms with Crippen LogP contribution in [0.4, 0.5) is 5.69 Å². The molecule has 1 N–H and O–H groups in total. The molecule has 0 heterocycles. The number of nitrogens with one attached hydrogen (secondary N) is 1. The van der Waals surface area contributed by atoms with E-state index in [-0.39, 0.29) is 28.0 Å². The van der Waals surface area contributed by atoms with Gasteiger partial charge in [0.05, 0.1) is 23.9 Å². The average molecular weight is 606 g/mol. The predicted molar refractivity (Wildman–Crippen MR) is 156 cm³/mol. The minimum atomic E-state index is -4.16. The molecule has 0 saturated carbocycles. The van der Waals surface area contributed by atoms with Crippen LogP contribution in [0.25, 0.3) is 0 Å². The number of carbonyl (C=O) groups excluding carboxylic acids is 2. The molecule has 0 fully saturated rings. The van der Waals surface area contributed by atoms with Crippen LogP contribution in [0.15, 0.2) is 82.8 Å². The lowest BCUT2D eigenvalue weighted by atomic mass is 10.2. The quantitative estimate of drug-likeness (QED) is 0.127. The zero-order chi connectivity index (χ0) is 29.0. The first-order valence-corrected chi connectivity index (χ1v) is 15.1. The van der Waals surface area contributed by atoms with Crippen molar-refractivity contribution in [2.24, 2.45) is 5.10 Å². The summed E-state index contributed by atoms with van der Waals surface area (Å²) in [7, 11) is -2.78. The number of carbonyl (C=O) groups is 2. The number of methoxy groups -OCH3 is 1. The topological polar surface area (TPSA) is 124 Å². The lowest BCUT2D eigenvalue weighted by Crippen LogP contribution is -2.39. The number of nitrogens with zero attached hydrogens (tertiary/aromatic N) is 2. The van der Waals surface area contributed by atoms with Gasteiger partial charge in [-0.25, -0.2) is 18.6 Å². The minimum Gasteiger partial charge on any atom is -0.495 e. The van der Waals surface area contributed by atoms with Crippen LogP contribution in [0.5, 0.6) is 11.5 Å². The number of anilines is 1. The second kappa shape index (κ2) is 15.2. The van der Waals surface area contributed by atoms with Gasteiger partial charge in [-0.05, 0) is 66.4 Å². The SMILES string of the molecule is COc1ccc(Cl)cc1N(CC(=O)N/N=C/c1ccc(OCC(=O)OCCSC)cc1)S(=O)(=O)c1ccccc1. The van der Waals surface area contributed by atoms with Crippen LogP contribution < -0.4 is 19.2 Å². The number of rotatable bonds is 14.